The highest BCUT2D eigenvalue weighted by atomic mass is 16.5. The first kappa shape index (κ1) is 14.9. The fourth-order valence-electron chi connectivity index (χ4n) is 1.42. The second-order valence-electron chi connectivity index (χ2n) is 3.78. The van der Waals surface area contributed by atoms with Crippen LogP contribution in [-0.2, 0) is 9.53 Å². The van der Waals surface area contributed by atoms with Crippen molar-refractivity contribution in [1.29, 1.82) is 0 Å². The zero-order valence-corrected chi connectivity index (χ0v) is 11.5. The molecule has 1 aromatic rings. The van der Waals surface area contributed by atoms with Crippen LogP contribution < -0.4 is 14.8 Å². The van der Waals surface area contributed by atoms with E-state index in [9.17, 15) is 4.79 Å². The molecule has 0 atom stereocenters. The minimum absolute atomic E-state index is 0.301. The molecule has 0 radical (unpaired) electrons. The molecule has 0 bridgehead atoms. The van der Waals surface area contributed by atoms with Crippen LogP contribution in [0.2, 0.25) is 0 Å². The monoisotopic (exact) mass is 265 g/mol. The molecule has 1 N–H and O–H groups in total. The molecular formula is C14H19NO4. The van der Waals surface area contributed by atoms with Crippen LogP contribution in [0.5, 0.6) is 11.5 Å². The van der Waals surface area contributed by atoms with Crippen molar-refractivity contribution in [2.75, 3.05) is 32.7 Å². The van der Waals surface area contributed by atoms with Crippen LogP contribution in [0.15, 0.2) is 30.4 Å². The second-order valence-corrected chi connectivity index (χ2v) is 3.78. The highest BCUT2D eigenvalue weighted by Crippen LogP contribution is 2.25. The first-order valence-corrected chi connectivity index (χ1v) is 5.92. The molecule has 5 heteroatoms. The Morgan fingerprint density at radius 2 is 1.79 bits per heavy atom. The molecule has 0 fully saturated rings. The fraction of sp³-hybridized carbons (Fsp3) is 0.357. The van der Waals surface area contributed by atoms with Gasteiger partial charge in [-0.1, -0.05) is 6.58 Å². The number of methoxy groups -OCH3 is 2. The third kappa shape index (κ3) is 4.54. The topological polar surface area (TPSA) is 56.8 Å². The number of hydrogen-bond donors (Lipinski definition) is 1. The lowest BCUT2D eigenvalue weighted by Gasteiger charge is -2.11. The Hall–Kier alpha value is -2.17. The van der Waals surface area contributed by atoms with Crippen LogP contribution >= 0.6 is 0 Å². The molecule has 0 spiro atoms. The second kappa shape index (κ2) is 7.31. The van der Waals surface area contributed by atoms with Gasteiger partial charge in [0.15, 0.2) is 0 Å². The number of anilines is 1. The average molecular weight is 265 g/mol. The summed E-state index contributed by atoms with van der Waals surface area (Å²) in [6, 6.07) is 5.38. The number of nitrogens with one attached hydrogen (secondary N) is 1. The van der Waals surface area contributed by atoms with E-state index in [1.807, 2.05) is 0 Å². The van der Waals surface area contributed by atoms with Gasteiger partial charge in [0.1, 0.15) is 11.5 Å². The molecule has 0 unspecified atom stereocenters. The minimum atomic E-state index is -0.398. The summed E-state index contributed by atoms with van der Waals surface area (Å²) in [5.41, 5.74) is 1.14. The van der Waals surface area contributed by atoms with Crippen LogP contribution in [0.25, 0.3) is 0 Å². The molecule has 5 nitrogen and oxygen atoms in total. The van der Waals surface area contributed by atoms with Gasteiger partial charge in [0, 0.05) is 36.0 Å². The van der Waals surface area contributed by atoms with E-state index in [0.29, 0.717) is 30.2 Å². The Labute approximate surface area is 113 Å². The maximum Gasteiger partial charge on any atom is 0.335 e. The summed E-state index contributed by atoms with van der Waals surface area (Å²) in [5, 5.41) is 3.07. The number of carbonyl (C=O) groups is 1. The quantitative estimate of drug-likeness (QED) is 0.605. The number of ether oxygens (including phenoxy) is 3. The van der Waals surface area contributed by atoms with Gasteiger partial charge in [0.2, 0.25) is 0 Å². The van der Waals surface area contributed by atoms with Gasteiger partial charge in [-0.2, -0.15) is 0 Å². The van der Waals surface area contributed by atoms with Crippen molar-refractivity contribution in [3.05, 3.63) is 30.4 Å². The molecule has 104 valence electrons. The summed E-state index contributed by atoms with van der Waals surface area (Å²) < 4.78 is 15.2. The van der Waals surface area contributed by atoms with E-state index in [-0.39, 0.29) is 0 Å². The summed E-state index contributed by atoms with van der Waals surface area (Å²) in [5.74, 6) is 0.942. The Bertz CT molecular complexity index is 435. The van der Waals surface area contributed by atoms with Gasteiger partial charge in [-0.3, -0.25) is 0 Å². The van der Waals surface area contributed by atoms with E-state index < -0.39 is 5.97 Å². The van der Waals surface area contributed by atoms with Crippen molar-refractivity contribution in [2.24, 2.45) is 0 Å². The van der Waals surface area contributed by atoms with Gasteiger partial charge in [-0.15, -0.1) is 0 Å². The first-order valence-electron chi connectivity index (χ1n) is 5.92. The van der Waals surface area contributed by atoms with Crippen molar-refractivity contribution < 1.29 is 19.0 Å². The van der Waals surface area contributed by atoms with Crippen molar-refractivity contribution in [3.63, 3.8) is 0 Å². The lowest BCUT2D eigenvalue weighted by atomic mass is 10.2. The highest BCUT2D eigenvalue weighted by molar-refractivity contribution is 5.88. The van der Waals surface area contributed by atoms with E-state index in [1.54, 1.807) is 39.3 Å². The molecule has 0 heterocycles. The van der Waals surface area contributed by atoms with Crippen LogP contribution in [0, 0.1) is 0 Å². The van der Waals surface area contributed by atoms with Gasteiger partial charge < -0.3 is 19.5 Å². The zero-order valence-electron chi connectivity index (χ0n) is 11.5. The van der Waals surface area contributed by atoms with Crippen LogP contribution in [0.1, 0.15) is 6.92 Å². The van der Waals surface area contributed by atoms with E-state index >= 15 is 0 Å². The van der Waals surface area contributed by atoms with Crippen molar-refractivity contribution in [3.8, 4) is 11.5 Å². The lowest BCUT2D eigenvalue weighted by molar-refractivity contribution is -0.138. The summed E-state index contributed by atoms with van der Waals surface area (Å²) in [6.45, 7) is 6.07. The molecule has 0 aliphatic carbocycles. The zero-order chi connectivity index (χ0) is 14.3. The van der Waals surface area contributed by atoms with Crippen molar-refractivity contribution in [2.45, 2.75) is 6.92 Å². The first-order chi connectivity index (χ1) is 9.10. The molecule has 19 heavy (non-hydrogen) atoms. The number of rotatable bonds is 7. The SMILES string of the molecule is C=C(CNc1cc(OC)cc(OC)c1)C(=O)OCC. The summed E-state index contributed by atoms with van der Waals surface area (Å²) in [4.78, 5) is 11.4. The van der Waals surface area contributed by atoms with E-state index in [1.165, 1.54) is 0 Å². The third-order valence-corrected chi connectivity index (χ3v) is 2.42. The molecule has 0 aliphatic rings. The van der Waals surface area contributed by atoms with E-state index in [0.717, 1.165) is 5.69 Å². The number of esters is 1. The molecule has 0 aliphatic heterocycles. The molecule has 0 aromatic heterocycles. The van der Waals surface area contributed by atoms with Gasteiger partial charge in [-0.05, 0) is 6.92 Å². The number of hydrogen-bond acceptors (Lipinski definition) is 5. The summed E-state index contributed by atoms with van der Waals surface area (Å²) in [6.07, 6.45) is 0. The summed E-state index contributed by atoms with van der Waals surface area (Å²) in [7, 11) is 3.16. The van der Waals surface area contributed by atoms with Crippen LogP contribution in [0.4, 0.5) is 5.69 Å². The maximum absolute atomic E-state index is 11.4. The number of benzene rings is 1. The molecule has 1 rings (SSSR count). The lowest BCUT2D eigenvalue weighted by Crippen LogP contribution is -2.14. The molecule has 0 amide bonds. The minimum Gasteiger partial charge on any atom is -0.497 e. The van der Waals surface area contributed by atoms with Gasteiger partial charge >= 0.3 is 5.97 Å². The fourth-order valence-corrected chi connectivity index (χ4v) is 1.42. The smallest absolute Gasteiger partial charge is 0.335 e. The molecule has 0 saturated heterocycles. The molecule has 0 saturated carbocycles. The molecule has 1 aromatic carbocycles. The van der Waals surface area contributed by atoms with E-state index in [4.69, 9.17) is 14.2 Å². The van der Waals surface area contributed by atoms with Gasteiger partial charge in [0.25, 0.3) is 0 Å². The standard InChI is InChI=1S/C14H19NO4/c1-5-19-14(16)10(2)9-15-11-6-12(17-3)8-13(7-11)18-4/h6-8,15H,2,5,9H2,1,3-4H3. The normalized spacial score (nSPS) is 9.63. The average Bonchev–Trinajstić information content (AvgIpc) is 2.44. The Kier molecular flexibility index (Phi) is 5.73. The van der Waals surface area contributed by atoms with Gasteiger partial charge in [-0.25, -0.2) is 4.79 Å². The largest absolute Gasteiger partial charge is 0.497 e. The molecular weight excluding hydrogens is 246 g/mol. The van der Waals surface area contributed by atoms with Crippen molar-refractivity contribution >= 4 is 11.7 Å². The Morgan fingerprint density at radius 3 is 2.26 bits per heavy atom. The van der Waals surface area contributed by atoms with Gasteiger partial charge in [0.05, 0.1) is 20.8 Å². The Morgan fingerprint density at radius 1 is 1.21 bits per heavy atom. The summed E-state index contributed by atoms with van der Waals surface area (Å²) >= 11 is 0. The third-order valence-electron chi connectivity index (χ3n) is 2.42. The predicted molar refractivity (Wildman–Crippen MR) is 73.8 cm³/mol. The predicted octanol–water partition coefficient (Wildman–Crippen LogP) is 2.24. The number of carbonyl (C=O) groups excluding carboxylic acids is 1. The van der Waals surface area contributed by atoms with Crippen LogP contribution in [-0.4, -0.2) is 33.3 Å². The van der Waals surface area contributed by atoms with Crippen molar-refractivity contribution in [1.82, 2.24) is 0 Å². The maximum atomic E-state index is 11.4. The highest BCUT2D eigenvalue weighted by Gasteiger charge is 2.08. The Balaban J connectivity index is 2.66. The van der Waals surface area contributed by atoms with Crippen LogP contribution in [0.3, 0.4) is 0 Å². The van der Waals surface area contributed by atoms with E-state index in [2.05, 4.69) is 11.9 Å².